The zero-order chi connectivity index (χ0) is 16.3. The average molecular weight is 303 g/mol. The van der Waals surface area contributed by atoms with Crippen LogP contribution in [-0.2, 0) is 15.0 Å². The lowest BCUT2D eigenvalue weighted by atomic mass is 9.80. The van der Waals surface area contributed by atoms with Crippen molar-refractivity contribution >= 4 is 11.9 Å². The molecule has 0 spiro atoms. The number of nitrogens with zero attached hydrogens (tertiary/aromatic N) is 1. The number of rotatable bonds is 4. The maximum Gasteiger partial charge on any atom is 0.308 e. The summed E-state index contributed by atoms with van der Waals surface area (Å²) in [5.74, 6) is -1.18. The van der Waals surface area contributed by atoms with Gasteiger partial charge in [0.1, 0.15) is 0 Å². The maximum atomic E-state index is 12.7. The number of piperidine rings is 1. The molecule has 2 unspecified atom stereocenters. The molecule has 0 saturated carbocycles. The van der Waals surface area contributed by atoms with Crippen molar-refractivity contribution in [3.05, 3.63) is 35.9 Å². The first-order valence-electron chi connectivity index (χ1n) is 7.89. The van der Waals surface area contributed by atoms with Crippen LogP contribution in [0.2, 0.25) is 0 Å². The van der Waals surface area contributed by atoms with Crippen molar-refractivity contribution in [1.82, 2.24) is 4.90 Å². The minimum absolute atomic E-state index is 0.0484. The Morgan fingerprint density at radius 1 is 1.23 bits per heavy atom. The summed E-state index contributed by atoms with van der Waals surface area (Å²) < 4.78 is 0. The van der Waals surface area contributed by atoms with Gasteiger partial charge in [-0.05, 0) is 30.7 Å². The van der Waals surface area contributed by atoms with E-state index in [4.69, 9.17) is 0 Å². The molecule has 1 N–H and O–H groups in total. The summed E-state index contributed by atoms with van der Waals surface area (Å²) in [7, 11) is 0. The highest BCUT2D eigenvalue weighted by atomic mass is 16.4. The zero-order valence-electron chi connectivity index (χ0n) is 13.6. The Morgan fingerprint density at radius 2 is 1.86 bits per heavy atom. The van der Waals surface area contributed by atoms with Gasteiger partial charge in [0, 0.05) is 19.0 Å². The minimum Gasteiger partial charge on any atom is -0.481 e. The van der Waals surface area contributed by atoms with Crippen LogP contribution < -0.4 is 0 Å². The molecular formula is C18H25NO3. The monoisotopic (exact) mass is 303 g/mol. The van der Waals surface area contributed by atoms with Crippen molar-refractivity contribution in [2.24, 2.45) is 5.92 Å². The van der Waals surface area contributed by atoms with Gasteiger partial charge in [-0.15, -0.1) is 0 Å². The van der Waals surface area contributed by atoms with E-state index in [0.29, 0.717) is 19.4 Å². The second-order valence-corrected chi connectivity index (χ2v) is 6.93. The Bertz CT molecular complexity index is 539. The first-order valence-corrected chi connectivity index (χ1v) is 7.89. The third-order valence-electron chi connectivity index (χ3n) is 4.70. The maximum absolute atomic E-state index is 12.7. The van der Waals surface area contributed by atoms with E-state index in [0.717, 1.165) is 12.0 Å². The lowest BCUT2D eigenvalue weighted by molar-refractivity contribution is -0.147. The van der Waals surface area contributed by atoms with Gasteiger partial charge in [-0.25, -0.2) is 0 Å². The fourth-order valence-corrected chi connectivity index (χ4v) is 3.13. The first-order chi connectivity index (χ1) is 10.3. The van der Waals surface area contributed by atoms with Gasteiger partial charge in [-0.2, -0.15) is 0 Å². The molecule has 4 heteroatoms. The van der Waals surface area contributed by atoms with E-state index in [1.54, 1.807) is 4.90 Å². The lowest BCUT2D eigenvalue weighted by Crippen LogP contribution is -2.48. The summed E-state index contributed by atoms with van der Waals surface area (Å²) in [5.41, 5.74) is 0.872. The normalized spacial score (nSPS) is 22.4. The number of amides is 1. The average Bonchev–Trinajstić information content (AvgIpc) is 2.47. The summed E-state index contributed by atoms with van der Waals surface area (Å²) in [6.45, 7) is 6.46. The van der Waals surface area contributed by atoms with Gasteiger partial charge in [0.25, 0.3) is 0 Å². The van der Waals surface area contributed by atoms with E-state index in [9.17, 15) is 14.7 Å². The van der Waals surface area contributed by atoms with Gasteiger partial charge < -0.3 is 10.0 Å². The zero-order valence-corrected chi connectivity index (χ0v) is 13.6. The predicted octanol–water partition coefficient (Wildman–Crippen LogP) is 3.07. The molecule has 1 saturated heterocycles. The van der Waals surface area contributed by atoms with Crippen LogP contribution >= 0.6 is 0 Å². The van der Waals surface area contributed by atoms with Crippen LogP contribution in [0.15, 0.2) is 30.3 Å². The molecule has 1 aliphatic rings. The molecule has 2 atom stereocenters. The summed E-state index contributed by atoms with van der Waals surface area (Å²) >= 11 is 0. The summed E-state index contributed by atoms with van der Waals surface area (Å²) in [4.78, 5) is 25.7. The standard InChI is InChI=1S/C18H25NO3/c1-13-9-10-14(17(21)22)12-19(13)16(20)11-18(2,3)15-7-5-4-6-8-15/h4-8,13-14H,9-12H2,1-3H3,(H,21,22). The topological polar surface area (TPSA) is 57.6 Å². The quantitative estimate of drug-likeness (QED) is 0.930. The van der Waals surface area contributed by atoms with Gasteiger partial charge in [-0.1, -0.05) is 44.2 Å². The van der Waals surface area contributed by atoms with E-state index in [1.807, 2.05) is 37.3 Å². The van der Waals surface area contributed by atoms with E-state index < -0.39 is 11.9 Å². The van der Waals surface area contributed by atoms with Crippen LogP contribution in [0.3, 0.4) is 0 Å². The van der Waals surface area contributed by atoms with Crippen LogP contribution in [0.25, 0.3) is 0 Å². The molecule has 0 aliphatic carbocycles. The van der Waals surface area contributed by atoms with Crippen LogP contribution in [0.4, 0.5) is 0 Å². The highest BCUT2D eigenvalue weighted by molar-refractivity contribution is 5.79. The molecule has 1 aromatic rings. The van der Waals surface area contributed by atoms with Gasteiger partial charge in [0.05, 0.1) is 5.92 Å². The largest absolute Gasteiger partial charge is 0.481 e. The number of carbonyl (C=O) groups excluding carboxylic acids is 1. The van der Waals surface area contributed by atoms with Crippen LogP contribution in [0.1, 0.15) is 45.6 Å². The molecule has 0 bridgehead atoms. The Kier molecular flexibility index (Phi) is 4.89. The van der Waals surface area contributed by atoms with Crippen LogP contribution in [0, 0.1) is 5.92 Å². The number of carbonyl (C=O) groups is 2. The molecule has 2 rings (SSSR count). The van der Waals surface area contributed by atoms with Crippen molar-refractivity contribution in [3.8, 4) is 0 Å². The van der Waals surface area contributed by atoms with Crippen LogP contribution in [-0.4, -0.2) is 34.5 Å². The Morgan fingerprint density at radius 3 is 2.45 bits per heavy atom. The molecule has 0 radical (unpaired) electrons. The number of hydrogen-bond acceptors (Lipinski definition) is 2. The Labute approximate surface area is 132 Å². The van der Waals surface area contributed by atoms with Gasteiger partial charge >= 0.3 is 5.97 Å². The second kappa shape index (κ2) is 6.51. The lowest BCUT2D eigenvalue weighted by Gasteiger charge is -2.38. The molecule has 4 nitrogen and oxygen atoms in total. The number of likely N-dealkylation sites (tertiary alicyclic amines) is 1. The van der Waals surface area contributed by atoms with Crippen molar-refractivity contribution in [2.75, 3.05) is 6.54 Å². The molecule has 1 aromatic carbocycles. The Hall–Kier alpha value is -1.84. The third kappa shape index (κ3) is 3.67. The molecule has 0 aromatic heterocycles. The molecule has 1 fully saturated rings. The highest BCUT2D eigenvalue weighted by Gasteiger charge is 2.35. The van der Waals surface area contributed by atoms with Crippen molar-refractivity contribution in [1.29, 1.82) is 0 Å². The van der Waals surface area contributed by atoms with E-state index >= 15 is 0 Å². The van der Waals surface area contributed by atoms with Crippen molar-refractivity contribution < 1.29 is 14.7 Å². The van der Waals surface area contributed by atoms with E-state index in [2.05, 4.69) is 13.8 Å². The molecule has 22 heavy (non-hydrogen) atoms. The summed E-state index contributed by atoms with van der Waals surface area (Å²) in [6.07, 6.45) is 1.81. The third-order valence-corrected chi connectivity index (χ3v) is 4.70. The predicted molar refractivity (Wildman–Crippen MR) is 85.6 cm³/mol. The van der Waals surface area contributed by atoms with E-state index in [1.165, 1.54) is 0 Å². The van der Waals surface area contributed by atoms with Gasteiger partial charge in [0.2, 0.25) is 5.91 Å². The number of benzene rings is 1. The number of aliphatic carboxylic acids is 1. The number of carboxylic acids is 1. The highest BCUT2D eigenvalue weighted by Crippen LogP contribution is 2.30. The van der Waals surface area contributed by atoms with E-state index in [-0.39, 0.29) is 17.4 Å². The molecule has 120 valence electrons. The first kappa shape index (κ1) is 16.5. The molecule has 1 amide bonds. The SMILES string of the molecule is CC1CCC(C(=O)O)CN1C(=O)CC(C)(C)c1ccccc1. The molecule has 1 heterocycles. The molecule has 1 aliphatic heterocycles. The number of carboxylic acid groups (broad SMARTS) is 1. The van der Waals surface area contributed by atoms with Crippen LogP contribution in [0.5, 0.6) is 0 Å². The fourth-order valence-electron chi connectivity index (χ4n) is 3.13. The fraction of sp³-hybridized carbons (Fsp3) is 0.556. The minimum atomic E-state index is -0.799. The van der Waals surface area contributed by atoms with Gasteiger partial charge in [0.15, 0.2) is 0 Å². The van der Waals surface area contributed by atoms with Crippen molar-refractivity contribution in [2.45, 2.75) is 51.5 Å². The summed E-state index contributed by atoms with van der Waals surface area (Å²) in [5, 5.41) is 9.20. The smallest absolute Gasteiger partial charge is 0.308 e. The van der Waals surface area contributed by atoms with Gasteiger partial charge in [-0.3, -0.25) is 9.59 Å². The Balaban J connectivity index is 2.08. The molecular weight excluding hydrogens is 278 g/mol. The second-order valence-electron chi connectivity index (χ2n) is 6.93. The number of hydrogen-bond donors (Lipinski definition) is 1. The summed E-state index contributed by atoms with van der Waals surface area (Å²) in [6, 6.07) is 10.1. The van der Waals surface area contributed by atoms with Crippen molar-refractivity contribution in [3.63, 3.8) is 0 Å².